The molecule has 0 aliphatic carbocycles. The molecule has 32 heavy (non-hydrogen) atoms. The van der Waals surface area contributed by atoms with E-state index in [4.69, 9.17) is 4.74 Å². The molecule has 0 fully saturated rings. The quantitative estimate of drug-likeness (QED) is 0.201. The maximum Gasteiger partial charge on any atom is 0.271 e. The van der Waals surface area contributed by atoms with Crippen LogP contribution >= 0.6 is 0 Å². The van der Waals surface area contributed by atoms with Gasteiger partial charge in [-0.1, -0.05) is 12.1 Å². The van der Waals surface area contributed by atoms with Gasteiger partial charge in [-0.05, 0) is 54.1 Å². The molecule has 4 rings (SSSR count). The zero-order valence-corrected chi connectivity index (χ0v) is 16.9. The zero-order valence-electron chi connectivity index (χ0n) is 16.9. The number of imidazole rings is 1. The Balaban J connectivity index is 1.48. The van der Waals surface area contributed by atoms with E-state index < -0.39 is 4.92 Å². The first-order valence-electron chi connectivity index (χ1n) is 9.54. The van der Waals surface area contributed by atoms with Gasteiger partial charge < -0.3 is 15.3 Å². The second-order valence-electron chi connectivity index (χ2n) is 6.85. The van der Waals surface area contributed by atoms with Crippen LogP contribution in [0.2, 0.25) is 0 Å². The Bertz CT molecular complexity index is 1330. The number of non-ortho nitro benzene ring substituents is 1. The van der Waals surface area contributed by atoms with Crippen molar-refractivity contribution >= 4 is 34.4 Å². The summed E-state index contributed by atoms with van der Waals surface area (Å²) in [6.07, 6.45) is 3.12. The maximum absolute atomic E-state index is 12.2. The van der Waals surface area contributed by atoms with Crippen LogP contribution in [0, 0.1) is 10.1 Å². The normalized spacial score (nSPS) is 11.0. The highest BCUT2D eigenvalue weighted by Gasteiger charge is 2.15. The highest BCUT2D eigenvalue weighted by atomic mass is 16.6. The SMILES string of the molecule is COc1ccc(/C=C/C(=O)Nc2ccc(-c3nc4ccc([N+](=O)[O-])cc4n3O)cc2)cc1. The Morgan fingerprint density at radius 3 is 2.50 bits per heavy atom. The number of hydrogen-bond donors (Lipinski definition) is 2. The second kappa shape index (κ2) is 8.60. The van der Waals surface area contributed by atoms with E-state index in [1.807, 2.05) is 24.3 Å². The summed E-state index contributed by atoms with van der Waals surface area (Å²) >= 11 is 0. The summed E-state index contributed by atoms with van der Waals surface area (Å²) in [7, 11) is 1.59. The lowest BCUT2D eigenvalue weighted by Gasteiger charge is -2.05. The summed E-state index contributed by atoms with van der Waals surface area (Å²) in [4.78, 5) is 26.9. The molecule has 0 aliphatic heterocycles. The fourth-order valence-corrected chi connectivity index (χ4v) is 3.13. The molecule has 0 bridgehead atoms. The summed E-state index contributed by atoms with van der Waals surface area (Å²) in [5.41, 5.74) is 2.52. The lowest BCUT2D eigenvalue weighted by Crippen LogP contribution is -2.07. The van der Waals surface area contributed by atoms with Crippen molar-refractivity contribution in [2.75, 3.05) is 12.4 Å². The number of amides is 1. The first-order chi connectivity index (χ1) is 15.4. The van der Waals surface area contributed by atoms with Gasteiger partial charge in [0, 0.05) is 29.5 Å². The topological polar surface area (TPSA) is 120 Å². The van der Waals surface area contributed by atoms with E-state index >= 15 is 0 Å². The van der Waals surface area contributed by atoms with Gasteiger partial charge in [0.15, 0.2) is 5.82 Å². The molecule has 0 radical (unpaired) electrons. The highest BCUT2D eigenvalue weighted by molar-refractivity contribution is 6.02. The molecule has 3 aromatic carbocycles. The minimum Gasteiger partial charge on any atom is -0.497 e. The monoisotopic (exact) mass is 430 g/mol. The Kier molecular flexibility index (Phi) is 5.54. The fourth-order valence-electron chi connectivity index (χ4n) is 3.13. The third-order valence-corrected chi connectivity index (χ3v) is 4.78. The number of nitro benzene ring substituents is 1. The number of aromatic nitrogens is 2. The summed E-state index contributed by atoms with van der Waals surface area (Å²) < 4.78 is 5.92. The minimum atomic E-state index is -0.535. The highest BCUT2D eigenvalue weighted by Crippen LogP contribution is 2.27. The molecule has 0 atom stereocenters. The molecule has 1 amide bonds. The van der Waals surface area contributed by atoms with Crippen LogP contribution in [-0.4, -0.2) is 32.9 Å². The Labute approximate surface area is 182 Å². The molecular weight excluding hydrogens is 412 g/mol. The van der Waals surface area contributed by atoms with Gasteiger partial charge in [-0.3, -0.25) is 14.9 Å². The fraction of sp³-hybridized carbons (Fsp3) is 0.0435. The first-order valence-corrected chi connectivity index (χ1v) is 9.54. The molecular formula is C23H18N4O5. The summed E-state index contributed by atoms with van der Waals surface area (Å²) in [6, 6.07) is 18.1. The molecule has 1 aromatic heterocycles. The molecule has 0 saturated carbocycles. The van der Waals surface area contributed by atoms with Crippen molar-refractivity contribution in [2.45, 2.75) is 0 Å². The molecule has 0 saturated heterocycles. The zero-order chi connectivity index (χ0) is 22.7. The maximum atomic E-state index is 12.2. The molecule has 0 aliphatic rings. The van der Waals surface area contributed by atoms with Gasteiger partial charge in [-0.15, -0.1) is 0 Å². The van der Waals surface area contributed by atoms with Crippen LogP contribution < -0.4 is 10.1 Å². The van der Waals surface area contributed by atoms with Gasteiger partial charge in [-0.2, -0.15) is 4.73 Å². The number of carbonyl (C=O) groups excluding carboxylic acids is 1. The van der Waals surface area contributed by atoms with E-state index in [-0.39, 0.29) is 22.9 Å². The predicted molar refractivity (Wildman–Crippen MR) is 120 cm³/mol. The van der Waals surface area contributed by atoms with Crippen LogP contribution in [0.15, 0.2) is 72.8 Å². The van der Waals surface area contributed by atoms with Crippen LogP contribution in [0.1, 0.15) is 5.56 Å². The van der Waals surface area contributed by atoms with Crippen molar-refractivity contribution in [2.24, 2.45) is 0 Å². The first kappa shape index (κ1) is 20.6. The van der Waals surface area contributed by atoms with Crippen LogP contribution in [0.3, 0.4) is 0 Å². The Morgan fingerprint density at radius 2 is 1.84 bits per heavy atom. The number of methoxy groups -OCH3 is 1. The largest absolute Gasteiger partial charge is 0.497 e. The molecule has 9 heteroatoms. The third kappa shape index (κ3) is 4.26. The lowest BCUT2D eigenvalue weighted by molar-refractivity contribution is -0.384. The van der Waals surface area contributed by atoms with Gasteiger partial charge in [-0.25, -0.2) is 4.98 Å². The van der Waals surface area contributed by atoms with E-state index in [1.165, 1.54) is 24.3 Å². The van der Waals surface area contributed by atoms with Gasteiger partial charge >= 0.3 is 0 Å². The molecule has 0 spiro atoms. The van der Waals surface area contributed by atoms with Crippen LogP contribution in [0.25, 0.3) is 28.5 Å². The molecule has 9 nitrogen and oxygen atoms in total. The van der Waals surface area contributed by atoms with E-state index in [0.29, 0.717) is 16.8 Å². The second-order valence-corrected chi connectivity index (χ2v) is 6.85. The number of nitrogens with zero attached hydrogens (tertiary/aromatic N) is 3. The molecule has 4 aromatic rings. The minimum absolute atomic E-state index is 0.139. The van der Waals surface area contributed by atoms with Crippen LogP contribution in [0.5, 0.6) is 5.75 Å². The molecule has 160 valence electrons. The Hall–Kier alpha value is -4.66. The average molecular weight is 430 g/mol. The van der Waals surface area contributed by atoms with Crippen molar-refractivity contribution < 1.29 is 19.7 Å². The van der Waals surface area contributed by atoms with Crippen LogP contribution in [-0.2, 0) is 4.79 Å². The van der Waals surface area contributed by atoms with E-state index in [2.05, 4.69) is 10.3 Å². The van der Waals surface area contributed by atoms with E-state index in [0.717, 1.165) is 16.0 Å². The smallest absolute Gasteiger partial charge is 0.271 e. The third-order valence-electron chi connectivity index (χ3n) is 4.78. The van der Waals surface area contributed by atoms with Gasteiger partial charge in [0.25, 0.3) is 5.69 Å². The molecule has 2 N–H and O–H groups in total. The average Bonchev–Trinajstić information content (AvgIpc) is 3.14. The molecule has 1 heterocycles. The van der Waals surface area contributed by atoms with E-state index in [1.54, 1.807) is 37.5 Å². The van der Waals surface area contributed by atoms with E-state index in [9.17, 15) is 20.1 Å². The van der Waals surface area contributed by atoms with Gasteiger partial charge in [0.1, 0.15) is 11.3 Å². The van der Waals surface area contributed by atoms with Crippen molar-refractivity contribution in [1.29, 1.82) is 0 Å². The number of ether oxygens (including phenoxy) is 1. The standard InChI is InChI=1S/C23H18N4O5/c1-32-19-10-2-15(3-11-19)4-13-22(28)24-17-7-5-16(6-8-17)23-25-20-12-9-18(27(30)31)14-21(20)26(23)29/h2-14,29H,1H3,(H,24,28)/b13-4+. The number of nitro groups is 1. The summed E-state index contributed by atoms with van der Waals surface area (Å²) in [6.45, 7) is 0. The van der Waals surface area contributed by atoms with Gasteiger partial charge in [0.05, 0.1) is 17.5 Å². The Morgan fingerprint density at radius 1 is 1.12 bits per heavy atom. The number of carbonyl (C=O) groups is 1. The lowest BCUT2D eigenvalue weighted by atomic mass is 10.2. The number of hydrogen-bond acceptors (Lipinski definition) is 6. The number of anilines is 1. The van der Waals surface area contributed by atoms with Crippen LogP contribution in [0.4, 0.5) is 11.4 Å². The number of rotatable bonds is 6. The van der Waals surface area contributed by atoms with Crippen molar-refractivity contribution in [1.82, 2.24) is 9.71 Å². The van der Waals surface area contributed by atoms with Gasteiger partial charge in [0.2, 0.25) is 5.91 Å². The number of benzene rings is 3. The predicted octanol–water partition coefficient (Wildman–Crippen LogP) is 4.51. The van der Waals surface area contributed by atoms with Crippen molar-refractivity contribution in [3.05, 3.63) is 88.5 Å². The summed E-state index contributed by atoms with van der Waals surface area (Å²) in [5.74, 6) is 0.675. The summed E-state index contributed by atoms with van der Waals surface area (Å²) in [5, 5.41) is 24.1. The molecule has 0 unspecified atom stereocenters. The number of fused-ring (bicyclic) bond motifs is 1. The van der Waals surface area contributed by atoms with Crippen molar-refractivity contribution in [3.8, 4) is 17.1 Å². The number of nitrogens with one attached hydrogen (secondary N) is 1. The van der Waals surface area contributed by atoms with Crippen molar-refractivity contribution in [3.63, 3.8) is 0 Å².